The lowest BCUT2D eigenvalue weighted by atomic mass is 9.98. The molecule has 3 atom stereocenters. The van der Waals surface area contributed by atoms with E-state index in [1.165, 1.54) is 6.42 Å². The Balaban J connectivity index is 1.69. The first-order valence-corrected chi connectivity index (χ1v) is 7.02. The number of nitriles is 1. The molecule has 2 bridgehead atoms. The monoisotopic (exact) mass is 254 g/mol. The highest BCUT2D eigenvalue weighted by Gasteiger charge is 2.42. The van der Waals surface area contributed by atoms with E-state index in [-0.39, 0.29) is 5.91 Å². The van der Waals surface area contributed by atoms with E-state index in [4.69, 9.17) is 0 Å². The molecule has 1 aromatic carbocycles. The Hall–Kier alpha value is -1.82. The van der Waals surface area contributed by atoms with Crippen molar-refractivity contribution in [3.05, 3.63) is 35.9 Å². The Kier molecular flexibility index (Phi) is 3.25. The fourth-order valence-electron chi connectivity index (χ4n) is 3.43. The fourth-order valence-corrected chi connectivity index (χ4v) is 3.43. The Bertz CT molecular complexity index is 505. The van der Waals surface area contributed by atoms with Crippen LogP contribution in [0.4, 0.5) is 0 Å². The maximum absolute atomic E-state index is 12.5. The number of hydrogen-bond donors (Lipinski definition) is 0. The average Bonchev–Trinajstić information content (AvgIpc) is 3.08. The molecule has 1 aliphatic heterocycles. The van der Waals surface area contributed by atoms with E-state index in [2.05, 4.69) is 6.07 Å². The van der Waals surface area contributed by atoms with Crippen LogP contribution in [-0.2, 0) is 11.2 Å². The van der Waals surface area contributed by atoms with Gasteiger partial charge in [0.2, 0.25) is 5.91 Å². The van der Waals surface area contributed by atoms with Gasteiger partial charge in [-0.2, -0.15) is 5.26 Å². The quantitative estimate of drug-likeness (QED) is 0.831. The molecule has 98 valence electrons. The van der Waals surface area contributed by atoms with Crippen molar-refractivity contribution in [2.75, 3.05) is 6.54 Å². The van der Waals surface area contributed by atoms with Crippen LogP contribution in [0.15, 0.2) is 30.3 Å². The highest BCUT2D eigenvalue weighted by Crippen LogP contribution is 2.38. The zero-order chi connectivity index (χ0) is 13.2. The second kappa shape index (κ2) is 5.05. The van der Waals surface area contributed by atoms with Gasteiger partial charge in [-0.25, -0.2) is 0 Å². The second-order valence-corrected chi connectivity index (χ2v) is 5.69. The van der Waals surface area contributed by atoms with Crippen molar-refractivity contribution in [1.82, 2.24) is 4.90 Å². The van der Waals surface area contributed by atoms with Crippen molar-refractivity contribution in [3.8, 4) is 6.07 Å². The molecule has 0 N–H and O–H groups in total. The van der Waals surface area contributed by atoms with Gasteiger partial charge < -0.3 is 4.90 Å². The summed E-state index contributed by atoms with van der Waals surface area (Å²) in [5.41, 5.74) is 1.06. The molecule has 0 spiro atoms. The first-order chi connectivity index (χ1) is 9.28. The minimum atomic E-state index is -0.526. The summed E-state index contributed by atoms with van der Waals surface area (Å²) < 4.78 is 0. The molecular weight excluding hydrogens is 236 g/mol. The van der Waals surface area contributed by atoms with Gasteiger partial charge in [-0.05, 0) is 37.2 Å². The lowest BCUT2D eigenvalue weighted by Gasteiger charge is -2.28. The molecule has 3 heteroatoms. The average molecular weight is 254 g/mol. The van der Waals surface area contributed by atoms with E-state index in [1.807, 2.05) is 35.2 Å². The van der Waals surface area contributed by atoms with Gasteiger partial charge in [0.25, 0.3) is 0 Å². The summed E-state index contributed by atoms with van der Waals surface area (Å²) in [6.07, 6.45) is 4.06. The van der Waals surface area contributed by atoms with Crippen LogP contribution in [0.5, 0.6) is 0 Å². The zero-order valence-corrected chi connectivity index (χ0v) is 11.0. The van der Waals surface area contributed by atoms with Crippen molar-refractivity contribution in [2.24, 2.45) is 11.8 Å². The van der Waals surface area contributed by atoms with Crippen LogP contribution < -0.4 is 0 Å². The summed E-state index contributed by atoms with van der Waals surface area (Å²) >= 11 is 0. The predicted octanol–water partition coefficient (Wildman–Crippen LogP) is 2.38. The summed E-state index contributed by atoms with van der Waals surface area (Å²) in [7, 11) is 0. The number of carbonyl (C=O) groups is 1. The molecule has 2 aliphatic rings. The second-order valence-electron chi connectivity index (χ2n) is 5.69. The molecule has 1 saturated heterocycles. The van der Waals surface area contributed by atoms with Crippen molar-refractivity contribution >= 4 is 5.91 Å². The number of hydrogen-bond acceptors (Lipinski definition) is 2. The highest BCUT2D eigenvalue weighted by atomic mass is 16.2. The molecule has 1 saturated carbocycles. The van der Waals surface area contributed by atoms with Gasteiger partial charge in [-0.1, -0.05) is 30.3 Å². The number of amides is 1. The van der Waals surface area contributed by atoms with Crippen LogP contribution >= 0.6 is 0 Å². The predicted molar refractivity (Wildman–Crippen MR) is 72.1 cm³/mol. The number of carbonyl (C=O) groups excluding carboxylic acids is 1. The van der Waals surface area contributed by atoms with E-state index in [9.17, 15) is 10.1 Å². The Morgan fingerprint density at radius 2 is 2.16 bits per heavy atom. The van der Waals surface area contributed by atoms with Gasteiger partial charge in [0, 0.05) is 12.6 Å². The largest absolute Gasteiger partial charge is 0.338 e. The fraction of sp³-hybridized carbons (Fsp3) is 0.500. The smallest absolute Gasteiger partial charge is 0.240 e. The number of nitrogens with zero attached hydrogens (tertiary/aromatic N) is 2. The van der Waals surface area contributed by atoms with Gasteiger partial charge in [-0.3, -0.25) is 4.79 Å². The standard InChI is InChI=1S/C16H18N2O/c17-10-14(8-12-4-2-1-3-5-12)16(19)18-11-13-6-7-15(18)9-13/h1-5,13-15H,6-9,11H2. The van der Waals surface area contributed by atoms with Crippen LogP contribution in [0.1, 0.15) is 24.8 Å². The summed E-state index contributed by atoms with van der Waals surface area (Å²) in [5.74, 6) is 0.199. The highest BCUT2D eigenvalue weighted by molar-refractivity contribution is 5.82. The Morgan fingerprint density at radius 1 is 1.37 bits per heavy atom. The molecule has 3 rings (SSSR count). The van der Waals surface area contributed by atoms with Gasteiger partial charge in [0.1, 0.15) is 5.92 Å². The van der Waals surface area contributed by atoms with Crippen LogP contribution in [0.3, 0.4) is 0 Å². The van der Waals surface area contributed by atoms with Gasteiger partial charge in [-0.15, -0.1) is 0 Å². The molecule has 19 heavy (non-hydrogen) atoms. The Morgan fingerprint density at radius 3 is 2.74 bits per heavy atom. The molecule has 0 radical (unpaired) electrons. The first kappa shape index (κ1) is 12.2. The zero-order valence-electron chi connectivity index (χ0n) is 11.0. The number of benzene rings is 1. The summed E-state index contributed by atoms with van der Waals surface area (Å²) in [4.78, 5) is 14.4. The van der Waals surface area contributed by atoms with Crippen molar-refractivity contribution in [2.45, 2.75) is 31.7 Å². The minimum absolute atomic E-state index is 0.0403. The molecule has 2 fully saturated rings. The number of fused-ring (bicyclic) bond motifs is 2. The van der Waals surface area contributed by atoms with Crippen LogP contribution in [-0.4, -0.2) is 23.4 Å². The molecular formula is C16H18N2O. The molecule has 1 aliphatic carbocycles. The SMILES string of the molecule is N#CC(Cc1ccccc1)C(=O)N1CC2CCC1C2. The summed E-state index contributed by atoms with van der Waals surface area (Å²) in [6.45, 7) is 0.871. The third-order valence-corrected chi connectivity index (χ3v) is 4.43. The van der Waals surface area contributed by atoms with Crippen LogP contribution in [0.25, 0.3) is 0 Å². The summed E-state index contributed by atoms with van der Waals surface area (Å²) in [6, 6.07) is 12.4. The number of rotatable bonds is 3. The molecule has 1 aromatic rings. The van der Waals surface area contributed by atoms with E-state index in [1.54, 1.807) is 0 Å². The van der Waals surface area contributed by atoms with E-state index >= 15 is 0 Å². The van der Waals surface area contributed by atoms with Crippen LogP contribution in [0, 0.1) is 23.2 Å². The third kappa shape index (κ3) is 2.35. The molecule has 3 nitrogen and oxygen atoms in total. The van der Waals surface area contributed by atoms with Crippen molar-refractivity contribution < 1.29 is 4.79 Å². The summed E-state index contributed by atoms with van der Waals surface area (Å²) in [5, 5.41) is 9.29. The lowest BCUT2D eigenvalue weighted by Crippen LogP contribution is -2.41. The topological polar surface area (TPSA) is 44.1 Å². The van der Waals surface area contributed by atoms with Gasteiger partial charge in [0.15, 0.2) is 0 Å². The van der Waals surface area contributed by atoms with E-state index < -0.39 is 5.92 Å². The molecule has 1 amide bonds. The number of likely N-dealkylation sites (tertiary alicyclic amines) is 1. The normalized spacial score (nSPS) is 26.2. The Labute approximate surface area is 113 Å². The van der Waals surface area contributed by atoms with Gasteiger partial charge >= 0.3 is 0 Å². The van der Waals surface area contributed by atoms with Crippen molar-refractivity contribution in [1.29, 1.82) is 5.26 Å². The van der Waals surface area contributed by atoms with E-state index in [0.29, 0.717) is 18.4 Å². The molecule has 3 unspecified atom stereocenters. The maximum Gasteiger partial charge on any atom is 0.240 e. The lowest BCUT2D eigenvalue weighted by molar-refractivity contribution is -0.135. The first-order valence-electron chi connectivity index (χ1n) is 7.02. The molecule has 1 heterocycles. The molecule has 0 aromatic heterocycles. The van der Waals surface area contributed by atoms with Gasteiger partial charge in [0.05, 0.1) is 6.07 Å². The number of piperidine rings is 1. The van der Waals surface area contributed by atoms with Crippen molar-refractivity contribution in [3.63, 3.8) is 0 Å². The third-order valence-electron chi connectivity index (χ3n) is 4.43. The van der Waals surface area contributed by atoms with Crippen LogP contribution in [0.2, 0.25) is 0 Å². The van der Waals surface area contributed by atoms with E-state index in [0.717, 1.165) is 24.9 Å². The maximum atomic E-state index is 12.5. The minimum Gasteiger partial charge on any atom is -0.338 e.